The number of amides is 2. The van der Waals surface area contributed by atoms with Gasteiger partial charge in [0.05, 0.1) is 22.5 Å². The van der Waals surface area contributed by atoms with Gasteiger partial charge in [0.25, 0.3) is 0 Å². The van der Waals surface area contributed by atoms with Crippen LogP contribution in [-0.2, 0) is 9.59 Å². The molecule has 0 aliphatic carbocycles. The summed E-state index contributed by atoms with van der Waals surface area (Å²) in [4.78, 5) is 36.6. The Morgan fingerprint density at radius 3 is 2.42 bits per heavy atom. The number of hydrogen-bond acceptors (Lipinski definition) is 5. The summed E-state index contributed by atoms with van der Waals surface area (Å²) in [5, 5.41) is 6.69. The molecule has 3 aromatic carbocycles. The Labute approximate surface area is 207 Å². The number of anilines is 1. The highest BCUT2D eigenvalue weighted by Crippen LogP contribution is 2.25. The Hall–Kier alpha value is -3.20. The average molecular weight is 549 g/mol. The van der Waals surface area contributed by atoms with Crippen LogP contribution in [0, 0.1) is 6.92 Å². The van der Waals surface area contributed by atoms with E-state index in [1.54, 1.807) is 48.5 Å². The fourth-order valence-electron chi connectivity index (χ4n) is 2.55. The van der Waals surface area contributed by atoms with Crippen LogP contribution in [0.5, 0.6) is 5.75 Å². The Kier molecular flexibility index (Phi) is 8.21. The number of nitrogens with zero attached hydrogens (tertiary/aromatic N) is 1. The molecule has 0 unspecified atom stereocenters. The van der Waals surface area contributed by atoms with Crippen LogP contribution in [0.15, 0.2) is 70.2 Å². The van der Waals surface area contributed by atoms with E-state index in [9.17, 15) is 14.4 Å². The third kappa shape index (κ3) is 6.89. The van der Waals surface area contributed by atoms with Crippen LogP contribution in [0.3, 0.4) is 0 Å². The van der Waals surface area contributed by atoms with Gasteiger partial charge in [-0.2, -0.15) is 5.10 Å². The van der Waals surface area contributed by atoms with Crippen LogP contribution in [0.2, 0.25) is 10.0 Å². The summed E-state index contributed by atoms with van der Waals surface area (Å²) in [7, 11) is 0. The average Bonchev–Trinajstić information content (AvgIpc) is 2.78. The van der Waals surface area contributed by atoms with Gasteiger partial charge in [-0.15, -0.1) is 0 Å². The predicted molar refractivity (Wildman–Crippen MR) is 131 cm³/mol. The zero-order valence-electron chi connectivity index (χ0n) is 17.1. The van der Waals surface area contributed by atoms with Gasteiger partial charge in [0, 0.05) is 15.1 Å². The van der Waals surface area contributed by atoms with Crippen molar-refractivity contribution in [2.24, 2.45) is 5.10 Å². The van der Waals surface area contributed by atoms with Gasteiger partial charge in [-0.05, 0) is 55.5 Å². The van der Waals surface area contributed by atoms with Crippen molar-refractivity contribution < 1.29 is 19.1 Å². The first-order valence-corrected chi connectivity index (χ1v) is 11.0. The van der Waals surface area contributed by atoms with Crippen molar-refractivity contribution in [1.29, 1.82) is 0 Å². The van der Waals surface area contributed by atoms with Gasteiger partial charge in [-0.3, -0.25) is 9.59 Å². The van der Waals surface area contributed by atoms with E-state index in [-0.39, 0.29) is 16.5 Å². The van der Waals surface area contributed by atoms with Crippen LogP contribution in [0.1, 0.15) is 21.5 Å². The fraction of sp³-hybridized carbons (Fsp3) is 0.0435. The van der Waals surface area contributed by atoms with Crippen molar-refractivity contribution in [2.45, 2.75) is 6.92 Å². The highest BCUT2D eigenvalue weighted by molar-refractivity contribution is 9.10. The zero-order chi connectivity index (χ0) is 24.0. The highest BCUT2D eigenvalue weighted by atomic mass is 79.9. The lowest BCUT2D eigenvalue weighted by atomic mass is 10.1. The Morgan fingerprint density at radius 2 is 1.70 bits per heavy atom. The normalized spacial score (nSPS) is 10.7. The predicted octanol–water partition coefficient (Wildman–Crippen LogP) is 5.37. The van der Waals surface area contributed by atoms with Gasteiger partial charge < -0.3 is 10.1 Å². The number of benzene rings is 3. The van der Waals surface area contributed by atoms with E-state index in [4.69, 9.17) is 27.9 Å². The molecule has 0 bridgehead atoms. The molecule has 7 nitrogen and oxygen atoms in total. The number of nitrogens with one attached hydrogen (secondary N) is 2. The van der Waals surface area contributed by atoms with Crippen molar-refractivity contribution in [3.63, 3.8) is 0 Å². The second-order valence-electron chi connectivity index (χ2n) is 6.72. The third-order valence-corrected chi connectivity index (χ3v) is 5.27. The van der Waals surface area contributed by atoms with Crippen LogP contribution in [-0.4, -0.2) is 24.0 Å². The number of hydrogen-bond donors (Lipinski definition) is 2. The standard InChI is InChI=1S/C23H16BrCl2N3O4/c1-13-2-4-14(5-3-13)23(32)33-20-9-6-16(24)10-15(20)12-27-29-22(31)21(30)28-19-11-17(25)7-8-18(19)26/h2-12H,1H3,(H,28,30)(H,29,31)/b27-12+. The molecule has 168 valence electrons. The number of rotatable bonds is 5. The molecule has 33 heavy (non-hydrogen) atoms. The lowest BCUT2D eigenvalue weighted by Crippen LogP contribution is -2.32. The van der Waals surface area contributed by atoms with Gasteiger partial charge in [-0.25, -0.2) is 10.2 Å². The molecule has 0 aromatic heterocycles. The number of ether oxygens (including phenoxy) is 1. The summed E-state index contributed by atoms with van der Waals surface area (Å²) in [5.41, 5.74) is 4.09. The van der Waals surface area contributed by atoms with E-state index in [1.165, 1.54) is 18.3 Å². The SMILES string of the molecule is Cc1ccc(C(=O)Oc2ccc(Br)cc2/C=N/NC(=O)C(=O)Nc2cc(Cl)ccc2Cl)cc1. The topological polar surface area (TPSA) is 96.9 Å². The van der Waals surface area contributed by atoms with E-state index in [0.29, 0.717) is 20.6 Å². The summed E-state index contributed by atoms with van der Waals surface area (Å²) < 4.78 is 6.16. The van der Waals surface area contributed by atoms with Gasteiger partial charge in [0.2, 0.25) is 0 Å². The molecule has 2 amide bonds. The van der Waals surface area contributed by atoms with Gasteiger partial charge in [0.15, 0.2) is 0 Å². The maximum atomic E-state index is 12.4. The molecule has 0 saturated heterocycles. The molecule has 10 heteroatoms. The number of hydrazone groups is 1. The van der Waals surface area contributed by atoms with Crippen LogP contribution >= 0.6 is 39.1 Å². The molecule has 3 aromatic rings. The molecule has 0 heterocycles. The number of carbonyl (C=O) groups is 3. The second kappa shape index (κ2) is 11.1. The number of esters is 1. The minimum Gasteiger partial charge on any atom is -0.422 e. The number of aryl methyl sites for hydroxylation is 1. The summed E-state index contributed by atoms with van der Waals surface area (Å²) in [5.74, 6) is -2.35. The number of carbonyl (C=O) groups excluding carboxylic acids is 3. The van der Waals surface area contributed by atoms with E-state index in [1.807, 2.05) is 6.92 Å². The van der Waals surface area contributed by atoms with Crippen LogP contribution in [0.25, 0.3) is 0 Å². The lowest BCUT2D eigenvalue weighted by Gasteiger charge is -2.08. The largest absolute Gasteiger partial charge is 0.422 e. The maximum absolute atomic E-state index is 12.4. The van der Waals surface area contributed by atoms with E-state index in [2.05, 4.69) is 31.8 Å². The first-order valence-electron chi connectivity index (χ1n) is 9.41. The zero-order valence-corrected chi connectivity index (χ0v) is 20.2. The molecule has 0 saturated carbocycles. The maximum Gasteiger partial charge on any atom is 0.343 e. The molecular weight excluding hydrogens is 533 g/mol. The Balaban J connectivity index is 1.67. The van der Waals surface area contributed by atoms with Gasteiger partial charge in [-0.1, -0.05) is 56.8 Å². The Bertz CT molecular complexity index is 1250. The highest BCUT2D eigenvalue weighted by Gasteiger charge is 2.15. The monoisotopic (exact) mass is 547 g/mol. The minimum atomic E-state index is -1.03. The molecule has 0 fully saturated rings. The molecule has 0 aliphatic heterocycles. The number of halogens is 3. The van der Waals surface area contributed by atoms with Crippen molar-refractivity contribution >= 4 is 68.8 Å². The molecule has 3 rings (SSSR count). The van der Waals surface area contributed by atoms with Gasteiger partial charge >= 0.3 is 17.8 Å². The van der Waals surface area contributed by atoms with Crippen molar-refractivity contribution in [1.82, 2.24) is 5.43 Å². The lowest BCUT2D eigenvalue weighted by molar-refractivity contribution is -0.136. The van der Waals surface area contributed by atoms with Crippen molar-refractivity contribution in [3.8, 4) is 5.75 Å². The van der Waals surface area contributed by atoms with Crippen LogP contribution in [0.4, 0.5) is 5.69 Å². The quantitative estimate of drug-likeness (QED) is 0.147. The van der Waals surface area contributed by atoms with Crippen molar-refractivity contribution in [3.05, 3.63) is 91.9 Å². The second-order valence-corrected chi connectivity index (χ2v) is 8.47. The summed E-state index contributed by atoms with van der Waals surface area (Å²) >= 11 is 15.2. The third-order valence-electron chi connectivity index (χ3n) is 4.21. The smallest absolute Gasteiger partial charge is 0.343 e. The molecule has 0 spiro atoms. The fourth-order valence-corrected chi connectivity index (χ4v) is 3.26. The summed E-state index contributed by atoms with van der Waals surface area (Å²) in [6, 6.07) is 16.3. The molecule has 0 aliphatic rings. The molecule has 0 radical (unpaired) electrons. The van der Waals surface area contributed by atoms with E-state index < -0.39 is 17.8 Å². The molecule has 2 N–H and O–H groups in total. The van der Waals surface area contributed by atoms with E-state index >= 15 is 0 Å². The Morgan fingerprint density at radius 1 is 0.970 bits per heavy atom. The minimum absolute atomic E-state index is 0.186. The summed E-state index contributed by atoms with van der Waals surface area (Å²) in [6.07, 6.45) is 1.25. The van der Waals surface area contributed by atoms with Crippen LogP contribution < -0.4 is 15.5 Å². The van der Waals surface area contributed by atoms with Crippen molar-refractivity contribution in [2.75, 3.05) is 5.32 Å². The molecular formula is C23H16BrCl2N3O4. The molecule has 0 atom stereocenters. The first-order chi connectivity index (χ1) is 15.7. The first kappa shape index (κ1) is 24.4. The van der Waals surface area contributed by atoms with E-state index in [0.717, 1.165) is 5.56 Å². The summed E-state index contributed by atoms with van der Waals surface area (Å²) in [6.45, 7) is 1.91. The van der Waals surface area contributed by atoms with Gasteiger partial charge in [0.1, 0.15) is 5.75 Å².